The lowest BCUT2D eigenvalue weighted by Crippen LogP contribution is -1.70. The Morgan fingerprint density at radius 3 is 0.938 bits per heavy atom. The van der Waals surface area contributed by atoms with Crippen molar-refractivity contribution in [2.24, 2.45) is 0 Å². The highest BCUT2D eigenvalue weighted by Crippen LogP contribution is 2.04. The van der Waals surface area contributed by atoms with Crippen LogP contribution in [0.4, 0.5) is 0 Å². The van der Waals surface area contributed by atoms with Gasteiger partial charge in [0.2, 0.25) is 0 Å². The largest absolute Gasteiger partial charge is 0.412 e. The van der Waals surface area contributed by atoms with Gasteiger partial charge in [0.25, 0.3) is 0 Å². The van der Waals surface area contributed by atoms with Crippen LogP contribution in [0, 0.1) is 0 Å². The van der Waals surface area contributed by atoms with Crippen molar-refractivity contribution in [2.75, 3.05) is 0 Å². The van der Waals surface area contributed by atoms with E-state index in [4.69, 9.17) is 69.6 Å². The van der Waals surface area contributed by atoms with E-state index in [1.807, 2.05) is 0 Å². The van der Waals surface area contributed by atoms with Gasteiger partial charge in [-0.2, -0.15) is 0 Å². The molecule has 0 aliphatic heterocycles. The summed E-state index contributed by atoms with van der Waals surface area (Å²) in [6.45, 7) is 4.49. The molecule has 2 N–H and O–H groups in total. The average molecular weight is 357 g/mol. The van der Waals surface area contributed by atoms with Crippen LogP contribution in [0.5, 0.6) is 0 Å². The van der Waals surface area contributed by atoms with E-state index in [1.54, 1.807) is 0 Å². The summed E-state index contributed by atoms with van der Waals surface area (Å²) in [5.41, 5.74) is 0. The predicted octanol–water partition coefficient (Wildman–Crippen LogP) is 6.12. The van der Waals surface area contributed by atoms with Gasteiger partial charge in [-0.15, -0.1) is 0 Å². The van der Waals surface area contributed by atoms with Crippen LogP contribution < -0.4 is 0 Å². The molecule has 0 spiro atoms. The molecule has 0 aliphatic carbocycles. The van der Waals surface area contributed by atoms with Crippen LogP contribution in [0.1, 0.15) is 46.0 Å². The molecule has 0 aliphatic rings. The SMILES string of the molecule is CCCCCCC.ClC(Cl)Cl.ClC(Cl)Cl.O. The third-order valence-electron chi connectivity index (χ3n) is 1.21. The molecule has 0 fully saturated rings. The van der Waals surface area contributed by atoms with E-state index in [2.05, 4.69) is 13.8 Å². The highest BCUT2D eigenvalue weighted by atomic mass is 35.6. The van der Waals surface area contributed by atoms with Gasteiger partial charge in [-0.3, -0.25) is 0 Å². The molecule has 0 aromatic rings. The standard InChI is InChI=1S/C7H16.2CHCl3.H2O/c1-3-5-7-6-4-2;2*2-1(3)4;/h3-7H2,1-2H3;2*1H;1H2. The molecule has 0 rings (SSSR count). The molecule has 104 valence electrons. The van der Waals surface area contributed by atoms with Crippen molar-refractivity contribution in [3.05, 3.63) is 0 Å². The fourth-order valence-corrected chi connectivity index (χ4v) is 0.677. The lowest BCUT2D eigenvalue weighted by molar-refractivity contribution is 0.656. The minimum atomic E-state index is -0.750. The second kappa shape index (κ2) is 25.5. The van der Waals surface area contributed by atoms with Crippen molar-refractivity contribution in [1.29, 1.82) is 0 Å². The summed E-state index contributed by atoms with van der Waals surface area (Å²) in [6.07, 6.45) is 7.01. The van der Waals surface area contributed by atoms with Crippen LogP contribution in [-0.2, 0) is 0 Å². The molecule has 0 atom stereocenters. The zero-order chi connectivity index (χ0) is 12.7. The predicted molar refractivity (Wildman–Crippen MR) is 80.7 cm³/mol. The van der Waals surface area contributed by atoms with Crippen LogP contribution in [0.25, 0.3) is 0 Å². The highest BCUT2D eigenvalue weighted by Gasteiger charge is 1.80. The Balaban J connectivity index is -0.0000000700. The number of hydrogen-bond donors (Lipinski definition) is 0. The molecule has 1 nitrogen and oxygen atoms in total. The second-order valence-electron chi connectivity index (χ2n) is 2.56. The average Bonchev–Trinajstić information content (AvgIpc) is 2.03. The van der Waals surface area contributed by atoms with Crippen molar-refractivity contribution >= 4 is 69.6 Å². The zero-order valence-electron chi connectivity index (χ0n) is 9.46. The maximum Gasteiger partial charge on any atom is 0.180 e. The monoisotopic (exact) mass is 354 g/mol. The first kappa shape index (κ1) is 26.3. The lowest BCUT2D eigenvalue weighted by Gasteiger charge is -1.90. The number of hydrogen-bond acceptors (Lipinski definition) is 0. The third kappa shape index (κ3) is 104. The Morgan fingerprint density at radius 2 is 0.812 bits per heavy atom. The Kier molecular flexibility index (Phi) is 42.0. The lowest BCUT2D eigenvalue weighted by atomic mass is 10.2. The first-order valence-corrected chi connectivity index (χ1v) is 7.34. The third-order valence-corrected chi connectivity index (χ3v) is 1.21. The molecule has 0 aromatic carbocycles. The van der Waals surface area contributed by atoms with Crippen molar-refractivity contribution in [1.82, 2.24) is 0 Å². The fraction of sp³-hybridized carbons (Fsp3) is 1.00. The van der Waals surface area contributed by atoms with Gasteiger partial charge in [-0.05, 0) is 0 Å². The summed E-state index contributed by atoms with van der Waals surface area (Å²) in [5, 5.41) is 0. The van der Waals surface area contributed by atoms with Crippen LogP contribution in [0.3, 0.4) is 0 Å². The minimum Gasteiger partial charge on any atom is -0.412 e. The molecule has 0 saturated heterocycles. The fourth-order valence-electron chi connectivity index (χ4n) is 0.677. The van der Waals surface area contributed by atoms with Crippen molar-refractivity contribution < 1.29 is 5.48 Å². The minimum absolute atomic E-state index is 0. The molecule has 0 amide bonds. The quantitative estimate of drug-likeness (QED) is 0.429. The van der Waals surface area contributed by atoms with Crippen molar-refractivity contribution in [2.45, 2.75) is 54.5 Å². The molecular formula is C9H20Cl6O. The molecule has 0 heterocycles. The summed E-state index contributed by atoms with van der Waals surface area (Å²) >= 11 is 28.8. The molecule has 7 heteroatoms. The number of halogens is 6. The molecule has 0 unspecified atom stereocenters. The van der Waals surface area contributed by atoms with Gasteiger partial charge >= 0.3 is 0 Å². The first-order chi connectivity index (χ1) is 6.88. The van der Waals surface area contributed by atoms with E-state index >= 15 is 0 Å². The number of unbranched alkanes of at least 4 members (excludes halogenated alkanes) is 4. The van der Waals surface area contributed by atoms with Gasteiger partial charge in [0.15, 0.2) is 8.59 Å². The maximum absolute atomic E-state index is 4.81. The van der Waals surface area contributed by atoms with Gasteiger partial charge in [0.1, 0.15) is 0 Å². The van der Waals surface area contributed by atoms with Gasteiger partial charge in [-0.25, -0.2) is 0 Å². The smallest absolute Gasteiger partial charge is 0.180 e. The molecular weight excluding hydrogens is 337 g/mol. The Morgan fingerprint density at radius 1 is 0.625 bits per heavy atom. The van der Waals surface area contributed by atoms with E-state index in [9.17, 15) is 0 Å². The summed E-state index contributed by atoms with van der Waals surface area (Å²) in [7, 11) is 0. The maximum atomic E-state index is 4.81. The molecule has 0 bridgehead atoms. The van der Waals surface area contributed by atoms with E-state index in [0.29, 0.717) is 0 Å². The summed E-state index contributed by atoms with van der Waals surface area (Å²) in [5.74, 6) is 0. The Hall–Kier alpha value is 1.70. The Bertz CT molecular complexity index is 76.6. The van der Waals surface area contributed by atoms with E-state index in [0.717, 1.165) is 0 Å². The molecule has 0 aromatic heterocycles. The Labute approximate surface area is 129 Å². The van der Waals surface area contributed by atoms with Gasteiger partial charge in [0.05, 0.1) is 0 Å². The van der Waals surface area contributed by atoms with Crippen LogP contribution >= 0.6 is 69.6 Å². The van der Waals surface area contributed by atoms with Gasteiger partial charge in [-0.1, -0.05) is 116 Å². The summed E-state index contributed by atoms with van der Waals surface area (Å²) < 4.78 is -1.50. The van der Waals surface area contributed by atoms with Gasteiger partial charge < -0.3 is 5.48 Å². The van der Waals surface area contributed by atoms with Crippen molar-refractivity contribution in [3.8, 4) is 0 Å². The second-order valence-corrected chi connectivity index (χ2v) is 6.51. The van der Waals surface area contributed by atoms with Crippen LogP contribution in [0.2, 0.25) is 0 Å². The first-order valence-electron chi connectivity index (χ1n) is 4.72. The summed E-state index contributed by atoms with van der Waals surface area (Å²) in [6, 6.07) is 0. The van der Waals surface area contributed by atoms with Crippen LogP contribution in [-0.4, -0.2) is 14.1 Å². The molecule has 16 heavy (non-hydrogen) atoms. The van der Waals surface area contributed by atoms with Crippen LogP contribution in [0.15, 0.2) is 0 Å². The zero-order valence-corrected chi connectivity index (χ0v) is 14.0. The topological polar surface area (TPSA) is 31.5 Å². The normalized spacial score (nSPS) is 8.62. The molecule has 0 saturated carbocycles. The number of alkyl halides is 6. The summed E-state index contributed by atoms with van der Waals surface area (Å²) in [4.78, 5) is 0. The van der Waals surface area contributed by atoms with E-state index in [1.165, 1.54) is 32.1 Å². The van der Waals surface area contributed by atoms with E-state index < -0.39 is 8.59 Å². The van der Waals surface area contributed by atoms with Gasteiger partial charge in [0, 0.05) is 0 Å². The highest BCUT2D eigenvalue weighted by molar-refractivity contribution is 6.63. The van der Waals surface area contributed by atoms with Crippen molar-refractivity contribution in [3.63, 3.8) is 0 Å². The van der Waals surface area contributed by atoms with E-state index in [-0.39, 0.29) is 5.48 Å². The number of rotatable bonds is 4. The molecule has 0 radical (unpaired) electrons.